The monoisotopic (exact) mass is 391 g/mol. The minimum Gasteiger partial charge on any atom is -0.497 e. The molecule has 0 aliphatic rings. The van der Waals surface area contributed by atoms with E-state index in [1.165, 1.54) is 6.92 Å². The number of ether oxygens (including phenoxy) is 2. The van der Waals surface area contributed by atoms with E-state index in [9.17, 15) is 9.59 Å². The average Bonchev–Trinajstić information content (AvgIpc) is 2.56. The Bertz CT molecular complexity index is 698. The number of nitrogens with one attached hydrogen (secondary N) is 1. The third kappa shape index (κ3) is 5.38. The lowest BCUT2D eigenvalue weighted by Gasteiger charge is -2.18. The van der Waals surface area contributed by atoms with Gasteiger partial charge in [0.15, 0.2) is 0 Å². The summed E-state index contributed by atoms with van der Waals surface area (Å²) in [6.07, 6.45) is 0.0297. The quantitative estimate of drug-likeness (QED) is 0.603. The number of benzene rings is 2. The fraction of sp³-hybridized carbons (Fsp3) is 0.222. The lowest BCUT2D eigenvalue weighted by molar-refractivity contribution is -0.135. The summed E-state index contributed by atoms with van der Waals surface area (Å²) in [5, 5.41) is 2.77. The maximum Gasteiger partial charge on any atom is 0.313 e. The number of rotatable bonds is 6. The molecule has 5 nitrogen and oxygen atoms in total. The summed E-state index contributed by atoms with van der Waals surface area (Å²) < 4.78 is 11.3. The molecule has 1 atom stereocenters. The van der Waals surface area contributed by atoms with E-state index in [4.69, 9.17) is 9.47 Å². The Kier molecular flexibility index (Phi) is 6.37. The topological polar surface area (TPSA) is 64.6 Å². The summed E-state index contributed by atoms with van der Waals surface area (Å²) in [5.41, 5.74) is 0.804. The third-order valence-corrected chi connectivity index (χ3v) is 3.84. The van der Waals surface area contributed by atoms with E-state index in [2.05, 4.69) is 21.2 Å². The van der Waals surface area contributed by atoms with E-state index >= 15 is 0 Å². The number of carbonyl (C=O) groups is 2. The van der Waals surface area contributed by atoms with E-state index in [1.807, 2.05) is 12.1 Å². The molecule has 6 heteroatoms. The zero-order valence-corrected chi connectivity index (χ0v) is 15.0. The van der Waals surface area contributed by atoms with Gasteiger partial charge in [0, 0.05) is 11.4 Å². The van der Waals surface area contributed by atoms with Crippen molar-refractivity contribution < 1.29 is 19.1 Å². The van der Waals surface area contributed by atoms with Crippen molar-refractivity contribution in [1.82, 2.24) is 5.32 Å². The van der Waals surface area contributed by atoms with Crippen molar-refractivity contribution in [2.45, 2.75) is 19.4 Å². The molecular formula is C18H18BrNO4. The van der Waals surface area contributed by atoms with Crippen LogP contribution in [0.25, 0.3) is 0 Å². The van der Waals surface area contributed by atoms with Crippen LogP contribution in [0.1, 0.15) is 24.9 Å². The van der Waals surface area contributed by atoms with Gasteiger partial charge < -0.3 is 14.8 Å². The molecule has 1 unspecified atom stereocenters. The molecular weight excluding hydrogens is 374 g/mol. The zero-order chi connectivity index (χ0) is 17.5. The Morgan fingerprint density at radius 3 is 2.17 bits per heavy atom. The van der Waals surface area contributed by atoms with Gasteiger partial charge in [-0.25, -0.2) is 0 Å². The van der Waals surface area contributed by atoms with Gasteiger partial charge >= 0.3 is 5.97 Å². The van der Waals surface area contributed by atoms with Crippen LogP contribution in [0.3, 0.4) is 0 Å². The summed E-state index contributed by atoms with van der Waals surface area (Å²) in [4.78, 5) is 23.6. The van der Waals surface area contributed by atoms with Gasteiger partial charge in [0.2, 0.25) is 5.91 Å². The molecule has 2 rings (SSSR count). The SMILES string of the molecule is COc1ccc(C(CC(=O)Oc2ccc(Br)cc2)NC(C)=O)cc1. The Labute approximate surface area is 149 Å². The minimum atomic E-state index is -0.462. The summed E-state index contributed by atoms with van der Waals surface area (Å²) in [6.45, 7) is 1.41. The van der Waals surface area contributed by atoms with Crippen molar-refractivity contribution in [3.63, 3.8) is 0 Å². The van der Waals surface area contributed by atoms with Crippen molar-refractivity contribution in [2.24, 2.45) is 0 Å². The highest BCUT2D eigenvalue weighted by atomic mass is 79.9. The standard InChI is InChI=1S/C18H18BrNO4/c1-12(21)20-17(13-3-7-15(23-2)8-4-13)11-18(22)24-16-9-5-14(19)6-10-16/h3-10,17H,11H2,1-2H3,(H,20,21). The Balaban J connectivity index is 2.08. The number of halogens is 1. The zero-order valence-electron chi connectivity index (χ0n) is 13.4. The normalized spacial score (nSPS) is 11.5. The molecule has 0 fully saturated rings. The van der Waals surface area contributed by atoms with Gasteiger partial charge in [0.25, 0.3) is 0 Å². The molecule has 24 heavy (non-hydrogen) atoms. The predicted octanol–water partition coefficient (Wildman–Crippen LogP) is 3.63. The highest BCUT2D eigenvalue weighted by Crippen LogP contribution is 2.22. The molecule has 0 saturated heterocycles. The van der Waals surface area contributed by atoms with E-state index in [-0.39, 0.29) is 12.3 Å². The van der Waals surface area contributed by atoms with Crippen molar-refractivity contribution in [3.05, 3.63) is 58.6 Å². The summed E-state index contributed by atoms with van der Waals surface area (Å²) in [6, 6.07) is 13.7. The van der Waals surface area contributed by atoms with Crippen molar-refractivity contribution in [2.75, 3.05) is 7.11 Å². The van der Waals surface area contributed by atoms with Crippen LogP contribution in [0.15, 0.2) is 53.0 Å². The molecule has 0 bridgehead atoms. The summed E-state index contributed by atoms with van der Waals surface area (Å²) in [5.74, 6) is 0.524. The molecule has 2 aromatic carbocycles. The first-order chi connectivity index (χ1) is 11.5. The molecule has 0 spiro atoms. The Morgan fingerprint density at radius 1 is 1.04 bits per heavy atom. The molecule has 0 radical (unpaired) electrons. The second-order valence-electron chi connectivity index (χ2n) is 5.16. The van der Waals surface area contributed by atoms with Gasteiger partial charge in [-0.05, 0) is 42.0 Å². The minimum absolute atomic E-state index is 0.0297. The first kappa shape index (κ1) is 18.0. The molecule has 0 aromatic heterocycles. The lowest BCUT2D eigenvalue weighted by atomic mass is 10.0. The second-order valence-corrected chi connectivity index (χ2v) is 6.07. The Morgan fingerprint density at radius 2 is 1.62 bits per heavy atom. The molecule has 126 valence electrons. The smallest absolute Gasteiger partial charge is 0.313 e. The fourth-order valence-electron chi connectivity index (χ4n) is 2.18. The molecule has 0 aliphatic carbocycles. The van der Waals surface area contributed by atoms with Gasteiger partial charge in [0.05, 0.1) is 19.6 Å². The fourth-order valence-corrected chi connectivity index (χ4v) is 2.44. The number of esters is 1. The van der Waals surface area contributed by atoms with Crippen molar-refractivity contribution in [3.8, 4) is 11.5 Å². The first-order valence-corrected chi connectivity index (χ1v) is 8.14. The van der Waals surface area contributed by atoms with Crippen LogP contribution in [0.5, 0.6) is 11.5 Å². The van der Waals surface area contributed by atoms with Crippen LogP contribution in [0.4, 0.5) is 0 Å². The van der Waals surface area contributed by atoms with Gasteiger partial charge in [-0.3, -0.25) is 9.59 Å². The average molecular weight is 392 g/mol. The van der Waals surface area contributed by atoms with Gasteiger partial charge in [-0.15, -0.1) is 0 Å². The third-order valence-electron chi connectivity index (χ3n) is 3.31. The predicted molar refractivity (Wildman–Crippen MR) is 93.9 cm³/mol. The van der Waals surface area contributed by atoms with Crippen LogP contribution < -0.4 is 14.8 Å². The molecule has 1 amide bonds. The number of carbonyl (C=O) groups excluding carboxylic acids is 2. The van der Waals surface area contributed by atoms with Crippen LogP contribution in [0.2, 0.25) is 0 Å². The number of hydrogen-bond acceptors (Lipinski definition) is 4. The maximum absolute atomic E-state index is 12.2. The van der Waals surface area contributed by atoms with Crippen LogP contribution in [-0.2, 0) is 9.59 Å². The molecule has 0 aliphatic heterocycles. The van der Waals surface area contributed by atoms with Crippen molar-refractivity contribution in [1.29, 1.82) is 0 Å². The van der Waals surface area contributed by atoms with Gasteiger partial charge in [-0.2, -0.15) is 0 Å². The van der Waals surface area contributed by atoms with Crippen LogP contribution >= 0.6 is 15.9 Å². The second kappa shape index (κ2) is 8.49. The highest BCUT2D eigenvalue weighted by Gasteiger charge is 2.18. The molecule has 0 saturated carbocycles. The number of amides is 1. The summed E-state index contributed by atoms with van der Waals surface area (Å²) in [7, 11) is 1.58. The van der Waals surface area contributed by atoms with E-state index in [0.29, 0.717) is 11.5 Å². The maximum atomic E-state index is 12.2. The lowest BCUT2D eigenvalue weighted by Crippen LogP contribution is -2.29. The molecule has 0 heterocycles. The molecule has 1 N–H and O–H groups in total. The molecule has 2 aromatic rings. The van der Waals surface area contributed by atoms with Gasteiger partial charge in [-0.1, -0.05) is 28.1 Å². The Hall–Kier alpha value is -2.34. The van der Waals surface area contributed by atoms with Crippen LogP contribution in [-0.4, -0.2) is 19.0 Å². The largest absolute Gasteiger partial charge is 0.497 e. The van der Waals surface area contributed by atoms with E-state index in [1.54, 1.807) is 43.5 Å². The van der Waals surface area contributed by atoms with E-state index < -0.39 is 12.0 Å². The highest BCUT2D eigenvalue weighted by molar-refractivity contribution is 9.10. The number of hydrogen-bond donors (Lipinski definition) is 1. The first-order valence-electron chi connectivity index (χ1n) is 7.35. The number of methoxy groups -OCH3 is 1. The van der Waals surface area contributed by atoms with Gasteiger partial charge in [0.1, 0.15) is 11.5 Å². The summed E-state index contributed by atoms with van der Waals surface area (Å²) >= 11 is 3.32. The van der Waals surface area contributed by atoms with E-state index in [0.717, 1.165) is 10.0 Å². The van der Waals surface area contributed by atoms with Crippen molar-refractivity contribution >= 4 is 27.8 Å². The van der Waals surface area contributed by atoms with Crippen LogP contribution in [0, 0.1) is 0 Å².